The normalized spacial score (nSPS) is 17.7. The molecule has 6 nitrogen and oxygen atoms in total. The van der Waals surface area contributed by atoms with Crippen LogP contribution in [-0.2, 0) is 11.2 Å². The number of amides is 1. The number of halogens is 5. The summed E-state index contributed by atoms with van der Waals surface area (Å²) in [5, 5.41) is 19.8. The number of likely N-dealkylation sites (tertiary alicyclic amines) is 1. The number of carbonyl (C=O) groups is 1. The maximum Gasteiger partial charge on any atom is 0.410 e. The number of pyridine rings is 1. The van der Waals surface area contributed by atoms with Gasteiger partial charge in [-0.25, -0.2) is 4.79 Å². The molecule has 1 fully saturated rings. The predicted molar refractivity (Wildman–Crippen MR) is 117 cm³/mol. The van der Waals surface area contributed by atoms with Crippen molar-refractivity contribution >= 4 is 16.3 Å². The van der Waals surface area contributed by atoms with E-state index in [2.05, 4.69) is 4.98 Å². The van der Waals surface area contributed by atoms with Gasteiger partial charge in [-0.15, -0.1) is 0 Å². The molecule has 0 spiro atoms. The fourth-order valence-corrected chi connectivity index (χ4v) is 4.82. The molecule has 186 valence electrons. The highest BCUT2D eigenvalue weighted by Crippen LogP contribution is 3.03. The Kier molecular flexibility index (Phi) is 5.42. The minimum atomic E-state index is -10.2. The van der Waals surface area contributed by atoms with Crippen molar-refractivity contribution in [1.29, 1.82) is 5.26 Å². The lowest BCUT2D eigenvalue weighted by Gasteiger charge is -2.48. The summed E-state index contributed by atoms with van der Waals surface area (Å²) in [4.78, 5) is 15.0. The zero-order valence-corrected chi connectivity index (χ0v) is 19.7. The average Bonchev–Trinajstić information content (AvgIpc) is 2.64. The Bertz CT molecular complexity index is 1200. The SMILES string of the molecule is CC1(Cc2ccc(S(F)(F)(F)(F)F)c(-c3cncc(C#N)c3)c2O)CN(C(=O)OC(C)(C)C)C1. The van der Waals surface area contributed by atoms with Crippen molar-refractivity contribution in [3.63, 3.8) is 0 Å². The van der Waals surface area contributed by atoms with Gasteiger partial charge in [-0.05, 0) is 44.9 Å². The minimum absolute atomic E-state index is 0.00528. The van der Waals surface area contributed by atoms with Crippen molar-refractivity contribution in [3.8, 4) is 22.9 Å². The lowest BCUT2D eigenvalue weighted by Crippen LogP contribution is -2.58. The summed E-state index contributed by atoms with van der Waals surface area (Å²) in [6, 6.07) is 3.70. The number of aromatic nitrogens is 1. The first kappa shape index (κ1) is 25.6. The predicted octanol–water partition coefficient (Wildman–Crippen LogP) is 6.78. The molecule has 0 aliphatic carbocycles. The van der Waals surface area contributed by atoms with Crippen LogP contribution < -0.4 is 0 Å². The van der Waals surface area contributed by atoms with Crippen molar-refractivity contribution in [2.75, 3.05) is 13.1 Å². The van der Waals surface area contributed by atoms with Crippen LogP contribution in [0.1, 0.15) is 38.8 Å². The van der Waals surface area contributed by atoms with Crippen LogP contribution in [0.5, 0.6) is 5.75 Å². The fourth-order valence-electron chi connectivity index (χ4n) is 3.90. The molecule has 3 rings (SSSR count). The number of phenolic OH excluding ortho intramolecular Hbond substituents is 1. The molecule has 0 saturated carbocycles. The van der Waals surface area contributed by atoms with Gasteiger partial charge in [0.2, 0.25) is 0 Å². The third kappa shape index (κ3) is 5.52. The molecule has 1 aliphatic heterocycles. The Morgan fingerprint density at radius 3 is 2.38 bits per heavy atom. The first-order valence-corrected chi connectivity index (χ1v) is 12.1. The van der Waals surface area contributed by atoms with Crippen molar-refractivity contribution in [1.82, 2.24) is 9.88 Å². The fraction of sp³-hybridized carbons (Fsp3) is 0.409. The maximum absolute atomic E-state index is 13.8. The highest BCUT2D eigenvalue weighted by Gasteiger charge is 2.67. The first-order valence-electron chi connectivity index (χ1n) is 10.1. The summed E-state index contributed by atoms with van der Waals surface area (Å²) in [5.41, 5.74) is -3.09. The first-order chi connectivity index (χ1) is 15.2. The van der Waals surface area contributed by atoms with E-state index in [1.807, 2.05) is 0 Å². The molecular weight excluding hydrogens is 481 g/mol. The Labute approximate surface area is 193 Å². The Hall–Kier alpha value is -3.07. The minimum Gasteiger partial charge on any atom is -0.507 e. The van der Waals surface area contributed by atoms with Gasteiger partial charge < -0.3 is 14.7 Å². The number of carbonyl (C=O) groups excluding carboxylic acids is 1. The van der Waals surface area contributed by atoms with Gasteiger partial charge in [-0.2, -0.15) is 5.26 Å². The lowest BCUT2D eigenvalue weighted by molar-refractivity contribution is -0.0277. The van der Waals surface area contributed by atoms with Crippen LogP contribution in [-0.4, -0.2) is 39.8 Å². The molecule has 1 aromatic heterocycles. The number of aromatic hydroxyl groups is 1. The monoisotopic (exact) mass is 505 g/mol. The van der Waals surface area contributed by atoms with E-state index >= 15 is 0 Å². The van der Waals surface area contributed by atoms with Gasteiger partial charge in [0.25, 0.3) is 0 Å². The number of nitriles is 1. The second-order valence-corrected chi connectivity index (χ2v) is 12.2. The third-order valence-corrected chi connectivity index (χ3v) is 6.38. The van der Waals surface area contributed by atoms with E-state index in [0.717, 1.165) is 24.5 Å². The number of hydrogen-bond donors (Lipinski definition) is 1. The molecule has 0 bridgehead atoms. The van der Waals surface area contributed by atoms with Gasteiger partial charge >= 0.3 is 16.3 Å². The van der Waals surface area contributed by atoms with Gasteiger partial charge in [0, 0.05) is 42.0 Å². The van der Waals surface area contributed by atoms with E-state index in [1.165, 1.54) is 4.90 Å². The summed E-state index contributed by atoms with van der Waals surface area (Å²) < 4.78 is 74.4. The Morgan fingerprint density at radius 1 is 1.24 bits per heavy atom. The number of rotatable bonds is 4. The number of hydrogen-bond acceptors (Lipinski definition) is 5. The average molecular weight is 506 g/mol. The largest absolute Gasteiger partial charge is 0.507 e. The summed E-state index contributed by atoms with van der Waals surface area (Å²) in [7, 11) is -10.2. The van der Waals surface area contributed by atoms with E-state index in [4.69, 9.17) is 10.00 Å². The van der Waals surface area contributed by atoms with Crippen molar-refractivity contribution in [2.45, 2.75) is 44.6 Å². The molecule has 1 saturated heterocycles. The summed E-state index contributed by atoms with van der Waals surface area (Å²) in [6.07, 6.45) is 1.40. The quantitative estimate of drug-likeness (QED) is 0.463. The molecule has 0 atom stereocenters. The van der Waals surface area contributed by atoms with Gasteiger partial charge in [0.15, 0.2) is 0 Å². The molecule has 1 aromatic carbocycles. The van der Waals surface area contributed by atoms with Gasteiger partial charge in [0.05, 0.1) is 5.56 Å². The lowest BCUT2D eigenvalue weighted by atomic mass is 9.76. The van der Waals surface area contributed by atoms with E-state index in [1.54, 1.807) is 33.8 Å². The Morgan fingerprint density at radius 2 is 1.85 bits per heavy atom. The Balaban J connectivity index is 2.00. The molecule has 1 aliphatic rings. The molecule has 12 heteroatoms. The molecule has 34 heavy (non-hydrogen) atoms. The van der Waals surface area contributed by atoms with Crippen LogP contribution in [0.25, 0.3) is 11.1 Å². The third-order valence-electron chi connectivity index (χ3n) is 5.21. The molecule has 1 amide bonds. The van der Waals surface area contributed by atoms with Crippen molar-refractivity contribution in [2.24, 2.45) is 5.41 Å². The van der Waals surface area contributed by atoms with Gasteiger partial charge in [-0.3, -0.25) is 4.98 Å². The number of nitrogens with zero attached hydrogens (tertiary/aromatic N) is 3. The number of ether oxygens (including phenoxy) is 1. The second kappa shape index (κ2) is 7.21. The standard InChI is InChI=1S/C22H24F5N3O3S/c1-21(2,3)33-20(32)30-12-22(4,13-30)8-15-5-6-17(34(23,24,25,26)27)18(19(15)31)16-7-14(9-28)10-29-11-16/h5-7,10-11,31H,8,12-13H2,1-4H3. The highest BCUT2D eigenvalue weighted by atomic mass is 32.5. The van der Waals surface area contributed by atoms with E-state index < -0.39 is 49.1 Å². The maximum atomic E-state index is 13.8. The van der Waals surface area contributed by atoms with Crippen LogP contribution in [0.2, 0.25) is 0 Å². The van der Waals surface area contributed by atoms with Crippen LogP contribution >= 0.6 is 10.2 Å². The zero-order chi connectivity index (χ0) is 25.8. The molecular formula is C22H24F5N3O3S. The smallest absolute Gasteiger partial charge is 0.410 e. The summed E-state index contributed by atoms with van der Waals surface area (Å²) in [6.45, 7) is 7.28. The number of phenols is 1. The summed E-state index contributed by atoms with van der Waals surface area (Å²) in [5.74, 6) is -0.973. The zero-order valence-electron chi connectivity index (χ0n) is 18.9. The number of benzene rings is 1. The van der Waals surface area contributed by atoms with E-state index in [9.17, 15) is 29.3 Å². The van der Waals surface area contributed by atoms with Crippen molar-refractivity contribution < 1.29 is 34.1 Å². The second-order valence-electron chi connectivity index (χ2n) is 9.81. The molecule has 2 aromatic rings. The van der Waals surface area contributed by atoms with Crippen LogP contribution in [0.4, 0.5) is 24.2 Å². The van der Waals surface area contributed by atoms with E-state index in [-0.39, 0.29) is 36.7 Å². The topological polar surface area (TPSA) is 86.5 Å². The van der Waals surface area contributed by atoms with Crippen LogP contribution in [0, 0.1) is 16.7 Å². The summed E-state index contributed by atoms with van der Waals surface area (Å²) >= 11 is 0. The van der Waals surface area contributed by atoms with Crippen LogP contribution in [0.15, 0.2) is 35.5 Å². The van der Waals surface area contributed by atoms with E-state index in [0.29, 0.717) is 0 Å². The highest BCUT2D eigenvalue weighted by molar-refractivity contribution is 8.45. The van der Waals surface area contributed by atoms with Crippen LogP contribution in [0.3, 0.4) is 0 Å². The molecule has 2 heterocycles. The van der Waals surface area contributed by atoms with Gasteiger partial charge in [0.1, 0.15) is 22.3 Å². The molecule has 1 N–H and O–H groups in total. The molecule has 0 radical (unpaired) electrons. The van der Waals surface area contributed by atoms with Gasteiger partial charge in [-0.1, -0.05) is 32.4 Å². The molecule has 0 unspecified atom stereocenters. The van der Waals surface area contributed by atoms with Crippen molar-refractivity contribution in [3.05, 3.63) is 41.7 Å².